The zero-order chi connectivity index (χ0) is 10.6. The van der Waals surface area contributed by atoms with Crippen LogP contribution in [0.4, 0.5) is 0 Å². The van der Waals surface area contributed by atoms with Crippen molar-refractivity contribution in [2.24, 2.45) is 5.92 Å². The number of hydrogen-bond donors (Lipinski definition) is 1. The number of hydrogen-bond acceptors (Lipinski definition) is 2. The van der Waals surface area contributed by atoms with Crippen LogP contribution in [-0.4, -0.2) is 35.7 Å². The molecule has 1 aliphatic rings. The predicted octanol–water partition coefficient (Wildman–Crippen LogP) is 2.27. The van der Waals surface area contributed by atoms with E-state index in [1.165, 1.54) is 19.3 Å². The van der Waals surface area contributed by atoms with Gasteiger partial charge in [-0.2, -0.15) is 0 Å². The van der Waals surface area contributed by atoms with Crippen molar-refractivity contribution in [3.05, 3.63) is 0 Å². The van der Waals surface area contributed by atoms with E-state index in [-0.39, 0.29) is 6.10 Å². The molecule has 1 N–H and O–H groups in total. The molecule has 1 fully saturated rings. The fourth-order valence-corrected chi connectivity index (χ4v) is 2.33. The number of aliphatic hydroxyl groups is 1. The van der Waals surface area contributed by atoms with Gasteiger partial charge in [0.05, 0.1) is 6.10 Å². The van der Waals surface area contributed by atoms with E-state index in [0.717, 1.165) is 25.3 Å². The minimum Gasteiger partial charge on any atom is -0.393 e. The molecular formula is C12H25NO. The first-order chi connectivity index (χ1) is 6.63. The lowest BCUT2D eigenvalue weighted by Gasteiger charge is -2.32. The van der Waals surface area contributed by atoms with Crippen molar-refractivity contribution in [2.75, 3.05) is 13.6 Å². The molecule has 0 aromatic heterocycles. The van der Waals surface area contributed by atoms with Gasteiger partial charge in [-0.05, 0) is 45.6 Å². The Kier molecular flexibility index (Phi) is 4.90. The Hall–Kier alpha value is -0.0800. The van der Waals surface area contributed by atoms with E-state index < -0.39 is 0 Å². The van der Waals surface area contributed by atoms with Gasteiger partial charge in [-0.1, -0.05) is 13.3 Å². The summed E-state index contributed by atoms with van der Waals surface area (Å²) in [7, 11) is 2.20. The van der Waals surface area contributed by atoms with E-state index in [2.05, 4.69) is 25.8 Å². The van der Waals surface area contributed by atoms with Crippen LogP contribution in [0.1, 0.15) is 46.0 Å². The Labute approximate surface area is 88.3 Å². The second-order valence-electron chi connectivity index (χ2n) is 4.88. The van der Waals surface area contributed by atoms with Crippen LogP contribution in [-0.2, 0) is 0 Å². The van der Waals surface area contributed by atoms with Gasteiger partial charge in [0.2, 0.25) is 0 Å². The smallest absolute Gasteiger partial charge is 0.0543 e. The average Bonchev–Trinajstić information content (AvgIpc) is 2.16. The first-order valence-corrected chi connectivity index (χ1v) is 6.01. The van der Waals surface area contributed by atoms with Crippen molar-refractivity contribution in [1.82, 2.24) is 4.90 Å². The number of nitrogens with zero attached hydrogens (tertiary/aromatic N) is 1. The first-order valence-electron chi connectivity index (χ1n) is 6.01. The van der Waals surface area contributed by atoms with Crippen LogP contribution in [0.2, 0.25) is 0 Å². The van der Waals surface area contributed by atoms with E-state index in [4.69, 9.17) is 0 Å². The quantitative estimate of drug-likeness (QED) is 0.751. The summed E-state index contributed by atoms with van der Waals surface area (Å²) < 4.78 is 0. The number of rotatable bonds is 4. The van der Waals surface area contributed by atoms with Gasteiger partial charge in [-0.25, -0.2) is 0 Å². The van der Waals surface area contributed by atoms with Crippen LogP contribution in [0.25, 0.3) is 0 Å². The summed E-state index contributed by atoms with van der Waals surface area (Å²) in [5.41, 5.74) is 0. The van der Waals surface area contributed by atoms with Gasteiger partial charge in [0, 0.05) is 12.6 Å². The second kappa shape index (κ2) is 5.72. The molecule has 1 aliphatic carbocycles. The summed E-state index contributed by atoms with van der Waals surface area (Å²) in [6, 6.07) is 0.675. The largest absolute Gasteiger partial charge is 0.393 e. The van der Waals surface area contributed by atoms with Gasteiger partial charge in [0.25, 0.3) is 0 Å². The van der Waals surface area contributed by atoms with Crippen molar-refractivity contribution in [1.29, 1.82) is 0 Å². The monoisotopic (exact) mass is 199 g/mol. The molecule has 0 radical (unpaired) electrons. The number of aliphatic hydroxyl groups excluding tert-OH is 1. The van der Waals surface area contributed by atoms with E-state index in [1.807, 2.05) is 0 Å². The molecule has 0 aliphatic heterocycles. The highest BCUT2D eigenvalue weighted by molar-refractivity contribution is 4.75. The van der Waals surface area contributed by atoms with Gasteiger partial charge < -0.3 is 10.0 Å². The molecule has 0 saturated heterocycles. The molecule has 1 saturated carbocycles. The molecule has 84 valence electrons. The first kappa shape index (κ1) is 12.0. The molecule has 0 bridgehead atoms. The Balaban J connectivity index is 2.28. The average molecular weight is 199 g/mol. The maximum Gasteiger partial charge on any atom is 0.0543 e. The minimum absolute atomic E-state index is 0.0286. The van der Waals surface area contributed by atoms with E-state index in [1.54, 1.807) is 0 Å². The third kappa shape index (κ3) is 3.58. The molecule has 0 heterocycles. The van der Waals surface area contributed by atoms with Crippen LogP contribution in [0.15, 0.2) is 0 Å². The second-order valence-corrected chi connectivity index (χ2v) is 4.88. The van der Waals surface area contributed by atoms with Gasteiger partial charge in [0.1, 0.15) is 0 Å². The molecule has 0 aromatic carbocycles. The molecule has 3 atom stereocenters. The fraction of sp³-hybridized carbons (Fsp3) is 1.00. The molecule has 1 rings (SSSR count). The van der Waals surface area contributed by atoms with Crippen molar-refractivity contribution < 1.29 is 5.11 Å². The third-order valence-electron chi connectivity index (χ3n) is 3.64. The minimum atomic E-state index is -0.0286. The Morgan fingerprint density at radius 3 is 2.71 bits per heavy atom. The lowest BCUT2D eigenvalue weighted by Crippen LogP contribution is -2.35. The lowest BCUT2D eigenvalue weighted by atomic mass is 9.87. The normalized spacial score (nSPS) is 30.6. The maximum absolute atomic E-state index is 9.57. The zero-order valence-electron chi connectivity index (χ0n) is 9.87. The van der Waals surface area contributed by atoms with Crippen LogP contribution in [0.5, 0.6) is 0 Å². The Bertz CT molecular complexity index is 160. The van der Waals surface area contributed by atoms with Crippen LogP contribution >= 0.6 is 0 Å². The topological polar surface area (TPSA) is 23.5 Å². The third-order valence-corrected chi connectivity index (χ3v) is 3.64. The molecular weight excluding hydrogens is 174 g/mol. The van der Waals surface area contributed by atoms with E-state index in [0.29, 0.717) is 6.04 Å². The summed E-state index contributed by atoms with van der Waals surface area (Å²) in [5, 5.41) is 9.57. The van der Waals surface area contributed by atoms with Gasteiger partial charge in [-0.3, -0.25) is 0 Å². The lowest BCUT2D eigenvalue weighted by molar-refractivity contribution is 0.0817. The summed E-state index contributed by atoms with van der Waals surface area (Å²) >= 11 is 0. The van der Waals surface area contributed by atoms with Gasteiger partial charge in [-0.15, -0.1) is 0 Å². The van der Waals surface area contributed by atoms with Gasteiger partial charge in [0.15, 0.2) is 0 Å². The highest BCUT2D eigenvalue weighted by Crippen LogP contribution is 2.25. The maximum atomic E-state index is 9.57. The summed E-state index contributed by atoms with van der Waals surface area (Å²) in [6.45, 7) is 5.67. The predicted molar refractivity (Wildman–Crippen MR) is 60.3 cm³/mol. The highest BCUT2D eigenvalue weighted by atomic mass is 16.3. The molecule has 0 amide bonds. The molecule has 14 heavy (non-hydrogen) atoms. The van der Waals surface area contributed by atoms with E-state index in [9.17, 15) is 5.11 Å². The molecule has 2 heteroatoms. The molecule has 0 unspecified atom stereocenters. The zero-order valence-corrected chi connectivity index (χ0v) is 9.87. The summed E-state index contributed by atoms with van der Waals surface area (Å²) in [5.74, 6) is 0.720. The van der Waals surface area contributed by atoms with E-state index >= 15 is 0 Å². The molecule has 0 spiro atoms. The van der Waals surface area contributed by atoms with Crippen LogP contribution < -0.4 is 0 Å². The van der Waals surface area contributed by atoms with Crippen molar-refractivity contribution >= 4 is 0 Å². The van der Waals surface area contributed by atoms with Crippen molar-refractivity contribution in [2.45, 2.75) is 58.1 Å². The molecule has 2 nitrogen and oxygen atoms in total. The van der Waals surface area contributed by atoms with Crippen LogP contribution in [0.3, 0.4) is 0 Å². The summed E-state index contributed by atoms with van der Waals surface area (Å²) in [4.78, 5) is 2.43. The Morgan fingerprint density at radius 2 is 2.14 bits per heavy atom. The fourth-order valence-electron chi connectivity index (χ4n) is 2.33. The SMILES string of the molecule is CC[C@H](C)N(C)C[C@H]1CCC[C@H](O)C1. The highest BCUT2D eigenvalue weighted by Gasteiger charge is 2.22. The van der Waals surface area contributed by atoms with Crippen molar-refractivity contribution in [3.63, 3.8) is 0 Å². The molecule has 0 aromatic rings. The standard InChI is InChI=1S/C12H25NO/c1-4-10(2)13(3)9-11-6-5-7-12(14)8-11/h10-12,14H,4-9H2,1-3H3/t10-,11-,12-/m0/s1. The van der Waals surface area contributed by atoms with Crippen molar-refractivity contribution in [3.8, 4) is 0 Å². The van der Waals surface area contributed by atoms with Gasteiger partial charge >= 0.3 is 0 Å². The Morgan fingerprint density at radius 1 is 1.43 bits per heavy atom. The van der Waals surface area contributed by atoms with Crippen LogP contribution in [0, 0.1) is 5.92 Å². The summed E-state index contributed by atoms with van der Waals surface area (Å²) in [6.07, 6.45) is 5.73.